The van der Waals surface area contributed by atoms with Crippen molar-refractivity contribution < 1.29 is 23.5 Å². The van der Waals surface area contributed by atoms with Gasteiger partial charge in [-0.15, -0.1) is 5.10 Å². The van der Waals surface area contributed by atoms with Crippen LogP contribution in [0.4, 0.5) is 9.52 Å². The van der Waals surface area contributed by atoms with Crippen LogP contribution in [0.2, 0.25) is 5.02 Å². The van der Waals surface area contributed by atoms with Gasteiger partial charge in [-0.25, -0.2) is 9.49 Å². The summed E-state index contributed by atoms with van der Waals surface area (Å²) in [6.07, 6.45) is 3.11. The molecule has 0 saturated carbocycles. The number of anilines is 1. The molecule has 0 radical (unpaired) electrons. The van der Waals surface area contributed by atoms with Gasteiger partial charge in [-0.05, 0) is 85.0 Å². The van der Waals surface area contributed by atoms with E-state index in [0.29, 0.717) is 99.3 Å². The minimum absolute atomic E-state index is 0.00499. The molecule has 1 saturated heterocycles. The molecule has 2 amide bonds. The number of likely N-dealkylation sites (tertiary alicyclic amines) is 1. The Morgan fingerprint density at radius 2 is 1.81 bits per heavy atom. The van der Waals surface area contributed by atoms with E-state index in [4.69, 9.17) is 21.1 Å². The number of benzene rings is 3. The van der Waals surface area contributed by atoms with Gasteiger partial charge in [0.2, 0.25) is 5.13 Å². The number of carbonyl (C=O) groups is 2. The summed E-state index contributed by atoms with van der Waals surface area (Å²) in [4.78, 5) is 45.0. The average Bonchev–Trinajstić information content (AvgIpc) is 3.62. The van der Waals surface area contributed by atoms with Crippen LogP contribution in [0.25, 0.3) is 21.9 Å². The van der Waals surface area contributed by atoms with Crippen molar-refractivity contribution in [3.63, 3.8) is 0 Å². The summed E-state index contributed by atoms with van der Waals surface area (Å²) < 4.78 is 26.4. The Kier molecular flexibility index (Phi) is 10.4. The molecule has 4 heterocycles. The van der Waals surface area contributed by atoms with Gasteiger partial charge in [-0.3, -0.25) is 24.7 Å². The molecule has 0 aliphatic carbocycles. The van der Waals surface area contributed by atoms with Gasteiger partial charge in [0.25, 0.3) is 22.6 Å². The van der Waals surface area contributed by atoms with Gasteiger partial charge in [-0.1, -0.05) is 41.0 Å². The van der Waals surface area contributed by atoms with E-state index >= 15 is 0 Å². The van der Waals surface area contributed by atoms with Crippen molar-refractivity contribution in [2.24, 2.45) is 5.92 Å². The zero-order valence-electron chi connectivity index (χ0n) is 28.7. The molecule has 2 N–H and O–H groups in total. The highest BCUT2D eigenvalue weighted by atomic mass is 35.5. The van der Waals surface area contributed by atoms with E-state index < -0.39 is 11.7 Å². The normalized spacial score (nSPS) is 13.2. The number of piperidine rings is 1. The number of rotatable bonds is 10. The molecule has 3 aromatic carbocycles. The van der Waals surface area contributed by atoms with Crippen LogP contribution in [0.15, 0.2) is 77.7 Å². The highest BCUT2D eigenvalue weighted by molar-refractivity contribution is 7.17. The third-order valence-electron chi connectivity index (χ3n) is 9.12. The lowest BCUT2D eigenvalue weighted by molar-refractivity contribution is 0.0656. The van der Waals surface area contributed by atoms with Crippen LogP contribution in [0, 0.1) is 18.7 Å². The number of H-pyrrole nitrogens is 1. The molecule has 3 aromatic heterocycles. The molecular formula is C38H33ClFN7O5S. The fourth-order valence-electron chi connectivity index (χ4n) is 6.35. The predicted octanol–water partition coefficient (Wildman–Crippen LogP) is 6.72. The van der Waals surface area contributed by atoms with E-state index in [1.165, 1.54) is 12.3 Å². The van der Waals surface area contributed by atoms with Crippen molar-refractivity contribution in [2.75, 3.05) is 32.1 Å². The van der Waals surface area contributed by atoms with Crippen LogP contribution >= 0.6 is 22.9 Å². The molecule has 0 spiro atoms. The van der Waals surface area contributed by atoms with Crippen LogP contribution in [0.1, 0.15) is 50.5 Å². The maximum atomic E-state index is 15.0. The molecule has 1 fully saturated rings. The summed E-state index contributed by atoms with van der Waals surface area (Å²) in [7, 11) is 1.55. The number of fused-ring (bicyclic) bond motifs is 1. The summed E-state index contributed by atoms with van der Waals surface area (Å²) in [5, 5.41) is 19.9. The Labute approximate surface area is 312 Å². The quantitative estimate of drug-likeness (QED) is 0.155. The lowest BCUT2D eigenvalue weighted by atomic mass is 9.96. The molecule has 12 nitrogen and oxygen atoms in total. The molecule has 0 atom stereocenters. The molecular weight excluding hydrogens is 721 g/mol. The Morgan fingerprint density at radius 3 is 2.60 bits per heavy atom. The first-order valence-corrected chi connectivity index (χ1v) is 18.0. The number of methoxy groups -OCH3 is 1. The topological polar surface area (TPSA) is 152 Å². The smallest absolute Gasteiger partial charge is 0.295 e. The fraction of sp³-hybridized carbons (Fsp3) is 0.237. The Bertz CT molecular complexity index is 2400. The number of ether oxygens (including phenoxy) is 2. The van der Waals surface area contributed by atoms with E-state index in [-0.39, 0.29) is 28.1 Å². The predicted molar refractivity (Wildman–Crippen MR) is 200 cm³/mol. The van der Waals surface area contributed by atoms with Crippen molar-refractivity contribution in [3.8, 4) is 22.1 Å². The minimum Gasteiger partial charge on any atom is -0.496 e. The number of aryl methyl sites for hydroxylation is 1. The number of hydrogen-bond acceptors (Lipinski definition) is 10. The number of pyridine rings is 1. The molecule has 53 heavy (non-hydrogen) atoms. The summed E-state index contributed by atoms with van der Waals surface area (Å²) >= 11 is 7.36. The first kappa shape index (κ1) is 35.7. The van der Waals surface area contributed by atoms with Crippen LogP contribution < -0.4 is 20.3 Å². The maximum Gasteiger partial charge on any atom is 0.295 e. The molecule has 7 rings (SSSR count). The second-order valence-electron chi connectivity index (χ2n) is 12.6. The van der Waals surface area contributed by atoms with Crippen LogP contribution in [-0.4, -0.2) is 68.9 Å². The highest BCUT2D eigenvalue weighted by Crippen LogP contribution is 2.35. The number of nitrogens with one attached hydrogen (secondary N) is 2. The second kappa shape index (κ2) is 15.5. The zero-order chi connectivity index (χ0) is 37.1. The number of aromatic amines is 1. The van der Waals surface area contributed by atoms with Crippen molar-refractivity contribution >= 4 is 50.7 Å². The first-order chi connectivity index (χ1) is 25.7. The molecule has 1 aliphatic rings. The summed E-state index contributed by atoms with van der Waals surface area (Å²) in [6.45, 7) is 3.04. The second-order valence-corrected chi connectivity index (χ2v) is 14.0. The van der Waals surface area contributed by atoms with E-state index in [2.05, 4.69) is 30.7 Å². The third-order valence-corrected chi connectivity index (χ3v) is 10.1. The number of aromatic nitrogens is 5. The average molecular weight is 754 g/mol. The lowest BCUT2D eigenvalue weighted by Gasteiger charge is -2.31. The number of amides is 2. The molecule has 0 bridgehead atoms. The van der Waals surface area contributed by atoms with Crippen molar-refractivity contribution in [3.05, 3.63) is 122 Å². The Morgan fingerprint density at radius 1 is 1.02 bits per heavy atom. The van der Waals surface area contributed by atoms with Gasteiger partial charge in [0.05, 0.1) is 35.9 Å². The maximum absolute atomic E-state index is 15.0. The molecule has 270 valence electrons. The number of hydrogen-bond donors (Lipinski definition) is 2. The zero-order valence-corrected chi connectivity index (χ0v) is 30.3. The Hall–Kier alpha value is -5.73. The van der Waals surface area contributed by atoms with Crippen LogP contribution in [0.3, 0.4) is 0 Å². The van der Waals surface area contributed by atoms with Crippen molar-refractivity contribution in [1.82, 2.24) is 30.3 Å². The van der Waals surface area contributed by atoms with E-state index in [0.717, 1.165) is 11.3 Å². The van der Waals surface area contributed by atoms with Gasteiger partial charge in [0, 0.05) is 52.9 Å². The third kappa shape index (κ3) is 7.88. The first-order valence-electron chi connectivity index (χ1n) is 16.8. The van der Waals surface area contributed by atoms with Gasteiger partial charge < -0.3 is 14.4 Å². The van der Waals surface area contributed by atoms with Crippen molar-refractivity contribution in [1.29, 1.82) is 0 Å². The molecule has 0 unspecified atom stereocenters. The van der Waals surface area contributed by atoms with Crippen LogP contribution in [0.5, 0.6) is 10.9 Å². The summed E-state index contributed by atoms with van der Waals surface area (Å²) in [5.74, 6) is -0.721. The largest absolute Gasteiger partial charge is 0.496 e. The van der Waals surface area contributed by atoms with E-state index in [1.807, 2.05) is 19.1 Å². The standard InChI is InChI=1S/C38H33ClFN7O5S/c1-21-15-27(28-18-24(39)8-10-33(28)51-2)30(19-41-21)34(48)42-37-45-46-38(53-37)52-20-22-11-13-47(14-12-22)36(50)29-16-23(7-9-31(29)40)17-32-25-5-3-4-6-26(25)35(49)44-43-32/h3-10,15-16,18-19,22H,11-14,17,20H2,1-2H3,(H,44,49)(H,42,45,48). The number of carbonyl (C=O) groups excluding carboxylic acids is 2. The monoisotopic (exact) mass is 753 g/mol. The lowest BCUT2D eigenvalue weighted by Crippen LogP contribution is -2.40. The number of nitrogens with zero attached hydrogens (tertiary/aromatic N) is 5. The number of halogens is 2. The minimum atomic E-state index is -0.596. The summed E-state index contributed by atoms with van der Waals surface area (Å²) in [5.41, 5.74) is 3.32. The van der Waals surface area contributed by atoms with Crippen LogP contribution in [-0.2, 0) is 6.42 Å². The molecule has 15 heteroatoms. The van der Waals surface area contributed by atoms with Gasteiger partial charge in [0.15, 0.2) is 0 Å². The molecule has 6 aromatic rings. The van der Waals surface area contributed by atoms with Gasteiger partial charge in [0.1, 0.15) is 11.6 Å². The summed E-state index contributed by atoms with van der Waals surface area (Å²) in [6, 6.07) is 18.6. The van der Waals surface area contributed by atoms with E-state index in [1.54, 1.807) is 60.5 Å². The highest BCUT2D eigenvalue weighted by Gasteiger charge is 2.27. The molecule has 1 aliphatic heterocycles. The SMILES string of the molecule is COc1ccc(Cl)cc1-c1cc(C)ncc1C(=O)Nc1nnc(OCC2CCN(C(=O)c3cc(Cc4n[nH]c(=O)c5ccccc45)ccc3F)CC2)s1. The Balaban J connectivity index is 0.942. The van der Waals surface area contributed by atoms with Gasteiger partial charge in [-0.2, -0.15) is 5.10 Å². The van der Waals surface area contributed by atoms with Gasteiger partial charge >= 0.3 is 0 Å². The van der Waals surface area contributed by atoms with Crippen molar-refractivity contribution in [2.45, 2.75) is 26.2 Å². The fourth-order valence-corrected chi connectivity index (χ4v) is 7.12. The van der Waals surface area contributed by atoms with E-state index in [9.17, 15) is 18.8 Å².